The molecule has 0 unspecified atom stereocenters. The lowest BCUT2D eigenvalue weighted by Gasteiger charge is -2.41. The molecule has 1 saturated heterocycles. The first kappa shape index (κ1) is 12.4. The highest BCUT2D eigenvalue weighted by Crippen LogP contribution is 2.44. The maximum absolute atomic E-state index is 9.05. The number of piperidine rings is 1. The van der Waals surface area contributed by atoms with Crippen molar-refractivity contribution in [2.75, 3.05) is 19.7 Å². The van der Waals surface area contributed by atoms with E-state index in [0.717, 1.165) is 11.8 Å². The average molecular weight is 225 g/mol. The Bertz CT molecular complexity index is 225. The summed E-state index contributed by atoms with van der Waals surface area (Å²) in [5, 5.41) is 9.05. The second kappa shape index (κ2) is 4.66. The van der Waals surface area contributed by atoms with Crippen molar-refractivity contribution in [2.24, 2.45) is 17.8 Å². The summed E-state index contributed by atoms with van der Waals surface area (Å²) in [6.07, 6.45) is 5.40. The van der Waals surface area contributed by atoms with E-state index >= 15 is 0 Å². The first-order chi connectivity index (χ1) is 7.50. The summed E-state index contributed by atoms with van der Waals surface area (Å²) in [4.78, 5) is 2.61. The van der Waals surface area contributed by atoms with Gasteiger partial charge in [0.15, 0.2) is 0 Å². The van der Waals surface area contributed by atoms with Crippen LogP contribution >= 0.6 is 0 Å². The van der Waals surface area contributed by atoms with Crippen LogP contribution in [0.25, 0.3) is 0 Å². The molecule has 0 amide bonds. The zero-order valence-electron chi connectivity index (χ0n) is 11.1. The molecule has 2 rings (SSSR count). The standard InChI is InChI=1S/C14H27NO/c1-14(2,3)15-6-4-11(5-7-15)8-12-9-13(12)10-16/h11-13,16H,4-10H2,1-3H3/t12-,13+/m1/s1. The van der Waals surface area contributed by atoms with Gasteiger partial charge in [-0.2, -0.15) is 0 Å². The highest BCUT2D eigenvalue weighted by molar-refractivity contribution is 4.89. The van der Waals surface area contributed by atoms with E-state index < -0.39 is 0 Å². The fourth-order valence-electron chi connectivity index (χ4n) is 3.09. The lowest BCUT2D eigenvalue weighted by Crippen LogP contribution is -2.46. The van der Waals surface area contributed by atoms with Gasteiger partial charge in [-0.25, -0.2) is 0 Å². The number of hydrogen-bond donors (Lipinski definition) is 1. The summed E-state index contributed by atoms with van der Waals surface area (Å²) < 4.78 is 0. The third-order valence-corrected chi connectivity index (χ3v) is 4.50. The van der Waals surface area contributed by atoms with Gasteiger partial charge in [0, 0.05) is 12.1 Å². The molecule has 16 heavy (non-hydrogen) atoms. The van der Waals surface area contributed by atoms with Crippen molar-refractivity contribution >= 4 is 0 Å². The molecular formula is C14H27NO. The van der Waals surface area contributed by atoms with Crippen molar-refractivity contribution < 1.29 is 5.11 Å². The quantitative estimate of drug-likeness (QED) is 0.798. The van der Waals surface area contributed by atoms with Crippen molar-refractivity contribution in [1.82, 2.24) is 4.90 Å². The predicted molar refractivity (Wildman–Crippen MR) is 67.3 cm³/mol. The highest BCUT2D eigenvalue weighted by Gasteiger charge is 2.38. The van der Waals surface area contributed by atoms with E-state index in [4.69, 9.17) is 5.11 Å². The third kappa shape index (κ3) is 2.98. The number of likely N-dealkylation sites (tertiary alicyclic amines) is 1. The van der Waals surface area contributed by atoms with Gasteiger partial charge < -0.3 is 5.11 Å². The SMILES string of the molecule is CC(C)(C)N1CCC(C[C@@H]2C[C@H]2CO)CC1. The first-order valence-electron chi connectivity index (χ1n) is 6.86. The summed E-state index contributed by atoms with van der Waals surface area (Å²) in [7, 11) is 0. The van der Waals surface area contributed by atoms with Gasteiger partial charge in [0.1, 0.15) is 0 Å². The molecule has 2 nitrogen and oxygen atoms in total. The summed E-state index contributed by atoms with van der Waals surface area (Å²) >= 11 is 0. The Morgan fingerprint density at radius 1 is 1.12 bits per heavy atom. The van der Waals surface area contributed by atoms with Crippen LogP contribution in [-0.4, -0.2) is 35.2 Å². The van der Waals surface area contributed by atoms with Crippen LogP contribution in [0.1, 0.15) is 46.5 Å². The summed E-state index contributed by atoms with van der Waals surface area (Å²) in [5.74, 6) is 2.44. The largest absolute Gasteiger partial charge is 0.396 e. The normalized spacial score (nSPS) is 33.0. The summed E-state index contributed by atoms with van der Waals surface area (Å²) in [6, 6.07) is 0. The van der Waals surface area contributed by atoms with Crippen LogP contribution in [0, 0.1) is 17.8 Å². The molecule has 2 aliphatic rings. The van der Waals surface area contributed by atoms with Gasteiger partial charge >= 0.3 is 0 Å². The van der Waals surface area contributed by atoms with Crippen molar-refractivity contribution in [3.63, 3.8) is 0 Å². The second-order valence-electron chi connectivity index (χ2n) is 6.78. The second-order valence-corrected chi connectivity index (χ2v) is 6.78. The van der Waals surface area contributed by atoms with E-state index in [2.05, 4.69) is 25.7 Å². The molecule has 0 aromatic rings. The molecule has 0 bridgehead atoms. The van der Waals surface area contributed by atoms with Gasteiger partial charge in [0.05, 0.1) is 0 Å². The lowest BCUT2D eigenvalue weighted by molar-refractivity contribution is 0.0832. The van der Waals surface area contributed by atoms with Crippen LogP contribution in [0.4, 0.5) is 0 Å². The molecule has 0 aromatic heterocycles. The number of hydrogen-bond acceptors (Lipinski definition) is 2. The van der Waals surface area contributed by atoms with Gasteiger partial charge in [-0.1, -0.05) is 0 Å². The fourth-order valence-corrected chi connectivity index (χ4v) is 3.09. The molecule has 1 heterocycles. The zero-order valence-corrected chi connectivity index (χ0v) is 11.1. The van der Waals surface area contributed by atoms with E-state index in [-0.39, 0.29) is 0 Å². The van der Waals surface area contributed by atoms with Crippen molar-refractivity contribution in [1.29, 1.82) is 0 Å². The molecular weight excluding hydrogens is 198 g/mol. The molecule has 1 aliphatic carbocycles. The van der Waals surface area contributed by atoms with Gasteiger partial charge in [-0.3, -0.25) is 4.90 Å². The number of nitrogens with zero attached hydrogens (tertiary/aromatic N) is 1. The Kier molecular flexibility index (Phi) is 3.60. The minimum Gasteiger partial charge on any atom is -0.396 e. The Morgan fingerprint density at radius 3 is 2.19 bits per heavy atom. The van der Waals surface area contributed by atoms with Crippen molar-refractivity contribution in [3.8, 4) is 0 Å². The van der Waals surface area contributed by atoms with E-state index in [1.165, 1.54) is 38.8 Å². The minimum atomic E-state index is 0.345. The van der Waals surface area contributed by atoms with Gasteiger partial charge in [-0.05, 0) is 77.3 Å². The zero-order chi connectivity index (χ0) is 11.8. The minimum absolute atomic E-state index is 0.345. The Hall–Kier alpha value is -0.0800. The molecule has 1 aliphatic heterocycles. The Morgan fingerprint density at radius 2 is 1.75 bits per heavy atom. The molecule has 2 heteroatoms. The Labute approximate surface area is 100 Å². The van der Waals surface area contributed by atoms with E-state index in [1.807, 2.05) is 0 Å². The monoisotopic (exact) mass is 225 g/mol. The van der Waals surface area contributed by atoms with E-state index in [9.17, 15) is 0 Å². The van der Waals surface area contributed by atoms with E-state index in [1.54, 1.807) is 0 Å². The van der Waals surface area contributed by atoms with E-state index in [0.29, 0.717) is 18.1 Å². The molecule has 2 fully saturated rings. The van der Waals surface area contributed by atoms with Crippen LogP contribution in [0.3, 0.4) is 0 Å². The Balaban J connectivity index is 1.70. The molecule has 1 N–H and O–H groups in total. The lowest BCUT2D eigenvalue weighted by atomic mass is 9.89. The van der Waals surface area contributed by atoms with Crippen molar-refractivity contribution in [3.05, 3.63) is 0 Å². The van der Waals surface area contributed by atoms with Gasteiger partial charge in [0.25, 0.3) is 0 Å². The van der Waals surface area contributed by atoms with Crippen LogP contribution in [0.15, 0.2) is 0 Å². The molecule has 1 saturated carbocycles. The average Bonchev–Trinajstić information content (AvgIpc) is 2.96. The fraction of sp³-hybridized carbons (Fsp3) is 1.00. The van der Waals surface area contributed by atoms with Crippen LogP contribution in [0.2, 0.25) is 0 Å². The molecule has 94 valence electrons. The smallest absolute Gasteiger partial charge is 0.0462 e. The predicted octanol–water partition coefficient (Wildman–Crippen LogP) is 2.52. The molecule has 0 aromatic carbocycles. The van der Waals surface area contributed by atoms with Crippen LogP contribution in [-0.2, 0) is 0 Å². The molecule has 0 radical (unpaired) electrons. The third-order valence-electron chi connectivity index (χ3n) is 4.50. The maximum Gasteiger partial charge on any atom is 0.0462 e. The number of rotatable bonds is 3. The summed E-state index contributed by atoms with van der Waals surface area (Å²) in [6.45, 7) is 9.91. The summed E-state index contributed by atoms with van der Waals surface area (Å²) in [5.41, 5.74) is 0.345. The van der Waals surface area contributed by atoms with Crippen LogP contribution in [0.5, 0.6) is 0 Å². The van der Waals surface area contributed by atoms with Crippen molar-refractivity contribution in [2.45, 2.75) is 52.0 Å². The maximum atomic E-state index is 9.05. The highest BCUT2D eigenvalue weighted by atomic mass is 16.3. The van der Waals surface area contributed by atoms with Crippen LogP contribution < -0.4 is 0 Å². The number of aliphatic hydroxyl groups is 1. The van der Waals surface area contributed by atoms with Gasteiger partial charge in [-0.15, -0.1) is 0 Å². The molecule has 0 spiro atoms. The number of aliphatic hydroxyl groups excluding tert-OH is 1. The first-order valence-corrected chi connectivity index (χ1v) is 6.86. The van der Waals surface area contributed by atoms with Gasteiger partial charge in [0.2, 0.25) is 0 Å². The molecule has 2 atom stereocenters. The topological polar surface area (TPSA) is 23.5 Å².